The second-order valence-electron chi connectivity index (χ2n) is 5.20. The topological polar surface area (TPSA) is 18.5 Å². The molecule has 2 aromatic rings. The molecule has 2 aliphatic heterocycles. The minimum atomic E-state index is 0.139. The molecule has 0 amide bonds. The van der Waals surface area contributed by atoms with Crippen LogP contribution in [0.2, 0.25) is 0 Å². The number of thioether (sulfide) groups is 1. The van der Waals surface area contributed by atoms with Crippen LogP contribution in [0, 0.1) is 5.92 Å². The molecule has 2 nitrogen and oxygen atoms in total. The molecule has 0 N–H and O–H groups in total. The van der Waals surface area contributed by atoms with Crippen LogP contribution in [0.4, 0.5) is 0 Å². The Bertz CT molecular complexity index is 599. The van der Waals surface area contributed by atoms with Crippen LogP contribution in [0.1, 0.15) is 18.1 Å². The van der Waals surface area contributed by atoms with Gasteiger partial charge in [0.1, 0.15) is 5.75 Å². The van der Waals surface area contributed by atoms with E-state index < -0.39 is 0 Å². The van der Waals surface area contributed by atoms with Gasteiger partial charge in [-0.1, -0.05) is 48.2 Å². The van der Waals surface area contributed by atoms with Crippen LogP contribution < -0.4 is 4.74 Å². The fourth-order valence-electron chi connectivity index (χ4n) is 2.99. The summed E-state index contributed by atoms with van der Waals surface area (Å²) >= 11 is 1.80. The maximum absolute atomic E-state index is 6.23. The van der Waals surface area contributed by atoms with E-state index in [1.54, 1.807) is 11.8 Å². The van der Waals surface area contributed by atoms with Gasteiger partial charge < -0.3 is 9.47 Å². The zero-order chi connectivity index (χ0) is 13.4. The molecule has 1 fully saturated rings. The average molecular weight is 284 g/mol. The molecular weight excluding hydrogens is 268 g/mol. The Morgan fingerprint density at radius 3 is 2.65 bits per heavy atom. The summed E-state index contributed by atoms with van der Waals surface area (Å²) in [5, 5.41) is 0. The summed E-state index contributed by atoms with van der Waals surface area (Å²) < 4.78 is 12.2. The van der Waals surface area contributed by atoms with Gasteiger partial charge in [0.2, 0.25) is 0 Å². The first-order valence-corrected chi connectivity index (χ1v) is 7.89. The molecule has 0 aliphatic carbocycles. The fourth-order valence-corrected chi connectivity index (χ4v) is 4.17. The highest BCUT2D eigenvalue weighted by Crippen LogP contribution is 2.49. The molecule has 4 rings (SSSR count). The van der Waals surface area contributed by atoms with E-state index in [0.29, 0.717) is 5.92 Å². The predicted octanol–water partition coefficient (Wildman–Crippen LogP) is 4.28. The third kappa shape index (κ3) is 2.11. The lowest BCUT2D eigenvalue weighted by atomic mass is 9.93. The molecule has 102 valence electrons. The number of rotatable bonds is 2. The lowest BCUT2D eigenvalue weighted by Crippen LogP contribution is -2.31. The Morgan fingerprint density at radius 2 is 1.75 bits per heavy atom. The minimum absolute atomic E-state index is 0.139. The summed E-state index contributed by atoms with van der Waals surface area (Å²) in [6.45, 7) is 0.832. The van der Waals surface area contributed by atoms with Gasteiger partial charge in [-0.05, 0) is 24.6 Å². The van der Waals surface area contributed by atoms with Crippen LogP contribution in [0.5, 0.6) is 5.75 Å². The number of benzene rings is 2. The van der Waals surface area contributed by atoms with Gasteiger partial charge in [0.25, 0.3) is 0 Å². The van der Waals surface area contributed by atoms with Crippen molar-refractivity contribution in [3.8, 4) is 5.75 Å². The van der Waals surface area contributed by atoms with Crippen molar-refractivity contribution >= 4 is 11.8 Å². The van der Waals surface area contributed by atoms with Gasteiger partial charge in [0.15, 0.2) is 5.44 Å². The Morgan fingerprint density at radius 1 is 0.950 bits per heavy atom. The van der Waals surface area contributed by atoms with E-state index in [0.717, 1.165) is 18.8 Å². The normalized spacial score (nSPS) is 27.5. The molecule has 0 radical (unpaired) electrons. The molecule has 3 atom stereocenters. The molecule has 20 heavy (non-hydrogen) atoms. The summed E-state index contributed by atoms with van der Waals surface area (Å²) in [7, 11) is 0. The van der Waals surface area contributed by atoms with Gasteiger partial charge in [0, 0.05) is 23.0 Å². The van der Waals surface area contributed by atoms with Crippen LogP contribution in [-0.4, -0.2) is 12.0 Å². The van der Waals surface area contributed by atoms with Gasteiger partial charge in [-0.25, -0.2) is 0 Å². The molecular formula is C17H16O2S. The smallest absolute Gasteiger partial charge is 0.154 e. The monoisotopic (exact) mass is 284 g/mol. The second kappa shape index (κ2) is 5.15. The fraction of sp³-hybridized carbons (Fsp3) is 0.294. The van der Waals surface area contributed by atoms with Crippen molar-refractivity contribution in [3.05, 3.63) is 60.2 Å². The summed E-state index contributed by atoms with van der Waals surface area (Å²) in [4.78, 5) is 1.25. The first kappa shape index (κ1) is 12.3. The van der Waals surface area contributed by atoms with E-state index in [4.69, 9.17) is 9.47 Å². The van der Waals surface area contributed by atoms with Crippen LogP contribution >= 0.6 is 11.8 Å². The molecule has 3 heteroatoms. The molecule has 0 aromatic heterocycles. The highest BCUT2D eigenvalue weighted by atomic mass is 32.2. The Labute approximate surface area is 123 Å². The molecule has 0 spiro atoms. The van der Waals surface area contributed by atoms with E-state index in [1.165, 1.54) is 10.5 Å². The van der Waals surface area contributed by atoms with E-state index in [1.807, 2.05) is 18.2 Å². The summed E-state index contributed by atoms with van der Waals surface area (Å²) in [5.41, 5.74) is 1.35. The lowest BCUT2D eigenvalue weighted by Gasteiger charge is -2.34. The van der Waals surface area contributed by atoms with Gasteiger partial charge in [-0.3, -0.25) is 0 Å². The Kier molecular flexibility index (Phi) is 3.17. The molecule has 0 unspecified atom stereocenters. The first-order chi connectivity index (χ1) is 9.92. The average Bonchev–Trinajstić information content (AvgIpc) is 2.98. The lowest BCUT2D eigenvalue weighted by molar-refractivity contribution is 0.0484. The maximum atomic E-state index is 6.23. The summed E-state index contributed by atoms with van der Waals surface area (Å²) in [5.74, 6) is 1.42. The number of fused-ring (bicyclic) bond motifs is 3. The van der Waals surface area contributed by atoms with E-state index in [2.05, 4.69) is 36.4 Å². The molecule has 0 bridgehead atoms. The van der Waals surface area contributed by atoms with Crippen molar-refractivity contribution < 1.29 is 9.47 Å². The summed E-state index contributed by atoms with van der Waals surface area (Å²) in [6, 6.07) is 18.7. The first-order valence-electron chi connectivity index (χ1n) is 7.01. The van der Waals surface area contributed by atoms with Crippen molar-refractivity contribution in [2.45, 2.75) is 22.9 Å². The molecule has 2 aromatic carbocycles. The zero-order valence-electron chi connectivity index (χ0n) is 11.1. The standard InChI is InChI=1S/C17H16O2S/c1-2-6-12(7-3-1)20-17-14-10-11-18-16(14)13-8-4-5-9-15(13)19-17/h1-9,14,16-17H,10-11H2/t14-,16-,17+/m1/s1. The van der Waals surface area contributed by atoms with Crippen LogP contribution in [0.15, 0.2) is 59.5 Å². The van der Waals surface area contributed by atoms with Crippen LogP contribution in [0.3, 0.4) is 0 Å². The van der Waals surface area contributed by atoms with Crippen molar-refractivity contribution in [1.82, 2.24) is 0 Å². The Balaban J connectivity index is 1.65. The van der Waals surface area contributed by atoms with Crippen LogP contribution in [-0.2, 0) is 4.74 Å². The van der Waals surface area contributed by atoms with Gasteiger partial charge >= 0.3 is 0 Å². The van der Waals surface area contributed by atoms with Gasteiger partial charge in [-0.2, -0.15) is 0 Å². The molecule has 2 heterocycles. The van der Waals surface area contributed by atoms with Crippen molar-refractivity contribution in [1.29, 1.82) is 0 Å². The minimum Gasteiger partial charge on any atom is -0.479 e. The SMILES string of the molecule is c1ccc(S[C@@H]2Oc3ccccc3[C@H]3OCC[C@H]32)cc1. The molecule has 0 saturated carbocycles. The zero-order valence-corrected chi connectivity index (χ0v) is 11.9. The van der Waals surface area contributed by atoms with Crippen molar-refractivity contribution in [3.63, 3.8) is 0 Å². The largest absolute Gasteiger partial charge is 0.479 e. The van der Waals surface area contributed by atoms with E-state index >= 15 is 0 Å². The molecule has 2 aliphatic rings. The third-order valence-electron chi connectivity index (χ3n) is 3.95. The predicted molar refractivity (Wildman–Crippen MR) is 80.0 cm³/mol. The number of ether oxygens (including phenoxy) is 2. The van der Waals surface area contributed by atoms with E-state index in [9.17, 15) is 0 Å². The highest BCUT2D eigenvalue weighted by molar-refractivity contribution is 7.99. The van der Waals surface area contributed by atoms with E-state index in [-0.39, 0.29) is 11.5 Å². The van der Waals surface area contributed by atoms with Gasteiger partial charge in [0.05, 0.1) is 6.10 Å². The van der Waals surface area contributed by atoms with Crippen molar-refractivity contribution in [2.75, 3.05) is 6.61 Å². The van der Waals surface area contributed by atoms with Gasteiger partial charge in [-0.15, -0.1) is 0 Å². The number of hydrogen-bond donors (Lipinski definition) is 0. The van der Waals surface area contributed by atoms with Crippen LogP contribution in [0.25, 0.3) is 0 Å². The summed E-state index contributed by atoms with van der Waals surface area (Å²) in [6.07, 6.45) is 1.27. The Hall–Kier alpha value is -1.45. The highest BCUT2D eigenvalue weighted by Gasteiger charge is 2.42. The number of para-hydroxylation sites is 1. The van der Waals surface area contributed by atoms with Crippen molar-refractivity contribution in [2.24, 2.45) is 5.92 Å². The quantitative estimate of drug-likeness (QED) is 0.820. The second-order valence-corrected chi connectivity index (χ2v) is 6.37. The third-order valence-corrected chi connectivity index (χ3v) is 5.17. The maximum Gasteiger partial charge on any atom is 0.154 e. The molecule has 1 saturated heterocycles. The number of hydrogen-bond acceptors (Lipinski definition) is 3.